The zero-order valence-electron chi connectivity index (χ0n) is 19.6. The van der Waals surface area contributed by atoms with Crippen molar-refractivity contribution in [3.8, 4) is 11.1 Å². The molecule has 7 heteroatoms. The van der Waals surface area contributed by atoms with Crippen LogP contribution in [0.15, 0.2) is 48.5 Å². The molecule has 1 aliphatic carbocycles. The summed E-state index contributed by atoms with van der Waals surface area (Å²) >= 11 is 0. The second kappa shape index (κ2) is 10.5. The Labute approximate surface area is 194 Å². The van der Waals surface area contributed by atoms with E-state index in [0.717, 1.165) is 22.3 Å². The number of nitrogens with zero attached hydrogens (tertiary/aromatic N) is 1. The highest BCUT2D eigenvalue weighted by Gasteiger charge is 2.31. The van der Waals surface area contributed by atoms with E-state index in [9.17, 15) is 19.5 Å². The van der Waals surface area contributed by atoms with Crippen LogP contribution in [0.3, 0.4) is 0 Å². The minimum Gasteiger partial charge on any atom is -0.480 e. The van der Waals surface area contributed by atoms with Crippen LogP contribution in [0.25, 0.3) is 11.1 Å². The van der Waals surface area contributed by atoms with Gasteiger partial charge < -0.3 is 20.1 Å². The zero-order valence-corrected chi connectivity index (χ0v) is 19.6. The molecule has 0 saturated carbocycles. The van der Waals surface area contributed by atoms with Gasteiger partial charge in [-0.1, -0.05) is 69.3 Å². The van der Waals surface area contributed by atoms with Crippen molar-refractivity contribution < 1.29 is 24.2 Å². The smallest absolute Gasteiger partial charge is 0.407 e. The van der Waals surface area contributed by atoms with Crippen LogP contribution in [0.2, 0.25) is 0 Å². The molecule has 0 heterocycles. The van der Waals surface area contributed by atoms with Crippen LogP contribution in [-0.4, -0.2) is 53.7 Å². The van der Waals surface area contributed by atoms with Crippen LogP contribution in [0.4, 0.5) is 4.79 Å². The summed E-state index contributed by atoms with van der Waals surface area (Å²) in [5.74, 6) is -1.46. The third-order valence-electron chi connectivity index (χ3n) is 6.38. The topological polar surface area (TPSA) is 95.9 Å². The van der Waals surface area contributed by atoms with Gasteiger partial charge in [-0.15, -0.1) is 0 Å². The van der Waals surface area contributed by atoms with Crippen LogP contribution < -0.4 is 5.32 Å². The van der Waals surface area contributed by atoms with E-state index in [-0.39, 0.29) is 30.8 Å². The minimum atomic E-state index is -1.04. The van der Waals surface area contributed by atoms with Gasteiger partial charge in [0.15, 0.2) is 0 Å². The third-order valence-corrected chi connectivity index (χ3v) is 6.38. The van der Waals surface area contributed by atoms with E-state index in [1.54, 1.807) is 6.92 Å². The van der Waals surface area contributed by atoms with E-state index >= 15 is 0 Å². The van der Waals surface area contributed by atoms with E-state index in [4.69, 9.17) is 4.74 Å². The number of alkyl carbamates (subject to hydrolysis) is 1. The average molecular weight is 453 g/mol. The maximum absolute atomic E-state index is 12.7. The summed E-state index contributed by atoms with van der Waals surface area (Å²) in [4.78, 5) is 37.9. The molecule has 33 heavy (non-hydrogen) atoms. The van der Waals surface area contributed by atoms with Crippen molar-refractivity contribution in [2.45, 2.75) is 51.6 Å². The molecule has 2 aromatic carbocycles. The second-order valence-electron chi connectivity index (χ2n) is 8.79. The predicted molar refractivity (Wildman–Crippen MR) is 126 cm³/mol. The summed E-state index contributed by atoms with van der Waals surface area (Å²) < 4.78 is 5.60. The Morgan fingerprint density at radius 3 is 2.06 bits per heavy atom. The normalized spacial score (nSPS) is 14.2. The minimum absolute atomic E-state index is 0.00213. The molecule has 2 aromatic rings. The number of nitrogens with one attached hydrogen (secondary N) is 1. The molecule has 0 bridgehead atoms. The van der Waals surface area contributed by atoms with Crippen LogP contribution in [-0.2, 0) is 14.3 Å². The summed E-state index contributed by atoms with van der Waals surface area (Å²) in [5, 5.41) is 12.1. The summed E-state index contributed by atoms with van der Waals surface area (Å²) in [6.07, 6.45) is -0.275. The van der Waals surface area contributed by atoms with Gasteiger partial charge in [0.05, 0.1) is 0 Å². The molecule has 1 aliphatic rings. The van der Waals surface area contributed by atoms with Crippen molar-refractivity contribution >= 4 is 18.0 Å². The summed E-state index contributed by atoms with van der Waals surface area (Å²) in [7, 11) is 1.48. The van der Waals surface area contributed by atoms with Gasteiger partial charge in [-0.3, -0.25) is 4.79 Å². The SMILES string of the molecule is CCC(C(=O)O)N(C)C(=O)C[C@H](NC(=O)OCC1c2ccccc2-c2ccccc21)C(C)C. The van der Waals surface area contributed by atoms with Crippen molar-refractivity contribution in [2.75, 3.05) is 13.7 Å². The van der Waals surface area contributed by atoms with Crippen molar-refractivity contribution in [3.05, 3.63) is 59.7 Å². The van der Waals surface area contributed by atoms with Gasteiger partial charge in [0.1, 0.15) is 12.6 Å². The van der Waals surface area contributed by atoms with Crippen molar-refractivity contribution in [3.63, 3.8) is 0 Å². The molecule has 0 aromatic heterocycles. The first-order chi connectivity index (χ1) is 15.7. The maximum Gasteiger partial charge on any atom is 0.407 e. The number of carboxylic acids is 1. The Bertz CT molecular complexity index is 974. The number of rotatable bonds is 9. The lowest BCUT2D eigenvalue weighted by molar-refractivity contribution is -0.149. The van der Waals surface area contributed by atoms with Gasteiger partial charge in [0.25, 0.3) is 0 Å². The molecular formula is C26H32N2O5. The highest BCUT2D eigenvalue weighted by molar-refractivity contribution is 5.84. The van der Waals surface area contributed by atoms with E-state index in [0.29, 0.717) is 6.42 Å². The number of ether oxygens (including phenoxy) is 1. The van der Waals surface area contributed by atoms with Crippen LogP contribution in [0, 0.1) is 5.92 Å². The summed E-state index contributed by atoms with van der Waals surface area (Å²) in [6, 6.07) is 14.9. The summed E-state index contributed by atoms with van der Waals surface area (Å²) in [5.41, 5.74) is 4.56. The molecule has 2 amide bonds. The number of hydrogen-bond donors (Lipinski definition) is 2. The Balaban J connectivity index is 1.63. The number of aliphatic carboxylic acids is 1. The number of carbonyl (C=O) groups excluding carboxylic acids is 2. The lowest BCUT2D eigenvalue weighted by Crippen LogP contribution is -2.47. The number of carbonyl (C=O) groups is 3. The molecule has 2 atom stereocenters. The van der Waals surface area contributed by atoms with Gasteiger partial charge in [-0.2, -0.15) is 0 Å². The number of likely N-dealkylation sites (N-methyl/N-ethyl adjacent to an activating group) is 1. The Morgan fingerprint density at radius 2 is 1.58 bits per heavy atom. The van der Waals surface area contributed by atoms with E-state index in [1.165, 1.54) is 11.9 Å². The average Bonchev–Trinajstić information content (AvgIpc) is 3.11. The van der Waals surface area contributed by atoms with Crippen molar-refractivity contribution in [1.29, 1.82) is 0 Å². The Hall–Kier alpha value is -3.35. The molecule has 2 N–H and O–H groups in total. The van der Waals surface area contributed by atoms with Crippen molar-refractivity contribution in [1.82, 2.24) is 10.2 Å². The van der Waals surface area contributed by atoms with Crippen LogP contribution in [0.5, 0.6) is 0 Å². The molecule has 0 aliphatic heterocycles. The fourth-order valence-corrected chi connectivity index (χ4v) is 4.36. The van der Waals surface area contributed by atoms with E-state index < -0.39 is 24.1 Å². The number of carboxylic acid groups (broad SMARTS) is 1. The van der Waals surface area contributed by atoms with Gasteiger partial charge in [0, 0.05) is 25.4 Å². The third kappa shape index (κ3) is 5.35. The van der Waals surface area contributed by atoms with E-state index in [2.05, 4.69) is 29.6 Å². The Kier molecular flexibility index (Phi) is 7.74. The first-order valence-corrected chi connectivity index (χ1v) is 11.3. The van der Waals surface area contributed by atoms with Gasteiger partial charge in [-0.05, 0) is 34.6 Å². The first-order valence-electron chi connectivity index (χ1n) is 11.3. The number of hydrogen-bond acceptors (Lipinski definition) is 4. The quantitative estimate of drug-likeness (QED) is 0.593. The molecule has 0 fully saturated rings. The molecule has 0 radical (unpaired) electrons. The van der Waals surface area contributed by atoms with Gasteiger partial charge in [-0.25, -0.2) is 9.59 Å². The Morgan fingerprint density at radius 1 is 1.03 bits per heavy atom. The standard InChI is InChI=1S/C26H32N2O5/c1-5-23(25(30)31)28(4)24(29)14-22(16(2)3)27-26(32)33-15-21-19-12-8-6-10-17(19)18-11-7-9-13-20(18)21/h6-13,16,21-23H,5,14-15H2,1-4H3,(H,27,32)(H,30,31)/t22-,23?/m0/s1. The highest BCUT2D eigenvalue weighted by atomic mass is 16.5. The first kappa shape index (κ1) is 24.3. The van der Waals surface area contributed by atoms with Gasteiger partial charge in [0.2, 0.25) is 5.91 Å². The zero-order chi connectivity index (χ0) is 24.1. The highest BCUT2D eigenvalue weighted by Crippen LogP contribution is 2.44. The lowest BCUT2D eigenvalue weighted by atomic mass is 9.98. The molecule has 7 nitrogen and oxygen atoms in total. The second-order valence-corrected chi connectivity index (χ2v) is 8.79. The fourth-order valence-electron chi connectivity index (χ4n) is 4.36. The predicted octanol–water partition coefficient (Wildman–Crippen LogP) is 4.26. The fraction of sp³-hybridized carbons (Fsp3) is 0.423. The molecule has 3 rings (SSSR count). The largest absolute Gasteiger partial charge is 0.480 e. The maximum atomic E-state index is 12.7. The van der Waals surface area contributed by atoms with Crippen molar-refractivity contribution in [2.24, 2.45) is 5.92 Å². The molecule has 0 spiro atoms. The van der Waals surface area contributed by atoms with Gasteiger partial charge >= 0.3 is 12.1 Å². The van der Waals surface area contributed by atoms with Crippen LogP contribution >= 0.6 is 0 Å². The molecule has 176 valence electrons. The monoisotopic (exact) mass is 452 g/mol. The lowest BCUT2D eigenvalue weighted by Gasteiger charge is -2.28. The van der Waals surface area contributed by atoms with Crippen LogP contribution in [0.1, 0.15) is 50.7 Å². The molecule has 0 saturated heterocycles. The molecular weight excluding hydrogens is 420 g/mol. The molecule has 1 unspecified atom stereocenters. The summed E-state index contributed by atoms with van der Waals surface area (Å²) in [6.45, 7) is 5.71. The number of fused-ring (bicyclic) bond motifs is 3. The number of amides is 2. The van der Waals surface area contributed by atoms with E-state index in [1.807, 2.05) is 38.1 Å². The number of benzene rings is 2.